The van der Waals surface area contributed by atoms with Crippen LogP contribution >= 0.6 is 24.8 Å². The minimum atomic E-state index is 0. The Bertz CT molecular complexity index is 336. The van der Waals surface area contributed by atoms with Crippen molar-refractivity contribution in [3.8, 4) is 0 Å². The standard InChI is InChI=1S/C9H16N4O.2ClH/c1-7-8(10)9(12(2)11-7)13-3-5-14-6-4-13;;/h3-6,10H2,1-2H3;2*1H. The van der Waals surface area contributed by atoms with Crippen LogP contribution in [-0.2, 0) is 11.8 Å². The van der Waals surface area contributed by atoms with Crippen LogP contribution in [0.3, 0.4) is 0 Å². The van der Waals surface area contributed by atoms with Crippen LogP contribution in [0.2, 0.25) is 0 Å². The van der Waals surface area contributed by atoms with E-state index < -0.39 is 0 Å². The van der Waals surface area contributed by atoms with Crippen molar-refractivity contribution in [2.45, 2.75) is 6.92 Å². The van der Waals surface area contributed by atoms with E-state index in [1.807, 2.05) is 18.7 Å². The van der Waals surface area contributed by atoms with Crippen LogP contribution in [0.25, 0.3) is 0 Å². The molecular weight excluding hydrogens is 251 g/mol. The molecule has 2 N–H and O–H groups in total. The molecule has 2 heterocycles. The van der Waals surface area contributed by atoms with Gasteiger partial charge in [0.25, 0.3) is 0 Å². The monoisotopic (exact) mass is 268 g/mol. The summed E-state index contributed by atoms with van der Waals surface area (Å²) in [6.07, 6.45) is 0. The summed E-state index contributed by atoms with van der Waals surface area (Å²) >= 11 is 0. The molecule has 0 unspecified atom stereocenters. The third-order valence-electron chi connectivity index (χ3n) is 2.55. The van der Waals surface area contributed by atoms with E-state index in [1.54, 1.807) is 0 Å². The molecule has 1 aromatic rings. The molecule has 0 aromatic carbocycles. The van der Waals surface area contributed by atoms with Gasteiger partial charge >= 0.3 is 0 Å². The third kappa shape index (κ3) is 2.72. The van der Waals surface area contributed by atoms with Crippen molar-refractivity contribution in [3.63, 3.8) is 0 Å². The van der Waals surface area contributed by atoms with Crippen LogP contribution in [0.4, 0.5) is 11.5 Å². The molecular formula is C9H18Cl2N4O. The lowest BCUT2D eigenvalue weighted by Gasteiger charge is -2.28. The van der Waals surface area contributed by atoms with Gasteiger partial charge in [0.15, 0.2) is 5.82 Å². The lowest BCUT2D eigenvalue weighted by Crippen LogP contribution is -2.37. The van der Waals surface area contributed by atoms with Crippen LogP contribution < -0.4 is 10.6 Å². The van der Waals surface area contributed by atoms with Crippen molar-refractivity contribution in [1.82, 2.24) is 9.78 Å². The Balaban J connectivity index is 0.00000112. The van der Waals surface area contributed by atoms with Gasteiger partial charge in [0.2, 0.25) is 0 Å². The number of nitrogens with zero attached hydrogens (tertiary/aromatic N) is 3. The summed E-state index contributed by atoms with van der Waals surface area (Å²) in [5, 5.41) is 4.29. The van der Waals surface area contributed by atoms with E-state index in [-0.39, 0.29) is 24.8 Å². The SMILES string of the molecule is Cc1nn(C)c(N2CCOCC2)c1N.Cl.Cl. The highest BCUT2D eigenvalue weighted by atomic mass is 35.5. The number of halogens is 2. The van der Waals surface area contributed by atoms with Crippen molar-refractivity contribution < 1.29 is 4.74 Å². The van der Waals surface area contributed by atoms with E-state index in [4.69, 9.17) is 10.5 Å². The molecule has 0 spiro atoms. The number of aryl methyl sites for hydroxylation is 2. The zero-order valence-corrected chi connectivity index (χ0v) is 11.1. The van der Waals surface area contributed by atoms with E-state index in [2.05, 4.69) is 10.00 Å². The summed E-state index contributed by atoms with van der Waals surface area (Å²) in [5.74, 6) is 1.02. The Kier molecular flexibility index (Phi) is 5.92. The van der Waals surface area contributed by atoms with Gasteiger partial charge in [-0.25, -0.2) is 0 Å². The van der Waals surface area contributed by atoms with Crippen LogP contribution in [0.15, 0.2) is 0 Å². The molecule has 94 valence electrons. The van der Waals surface area contributed by atoms with Crippen LogP contribution in [0.1, 0.15) is 5.69 Å². The Morgan fingerprint density at radius 2 is 1.81 bits per heavy atom. The van der Waals surface area contributed by atoms with Gasteiger partial charge in [-0.2, -0.15) is 5.10 Å². The van der Waals surface area contributed by atoms with E-state index >= 15 is 0 Å². The fourth-order valence-corrected chi connectivity index (χ4v) is 1.81. The van der Waals surface area contributed by atoms with E-state index in [9.17, 15) is 0 Å². The number of nitrogen functional groups attached to an aromatic ring is 1. The van der Waals surface area contributed by atoms with Gasteiger partial charge in [-0.05, 0) is 6.92 Å². The Morgan fingerprint density at radius 3 is 2.25 bits per heavy atom. The first-order valence-electron chi connectivity index (χ1n) is 4.82. The number of hydrogen-bond acceptors (Lipinski definition) is 4. The second-order valence-electron chi connectivity index (χ2n) is 3.55. The maximum Gasteiger partial charge on any atom is 0.150 e. The molecule has 0 amide bonds. The lowest BCUT2D eigenvalue weighted by molar-refractivity contribution is 0.122. The molecule has 7 heteroatoms. The van der Waals surface area contributed by atoms with Gasteiger partial charge in [-0.15, -0.1) is 24.8 Å². The van der Waals surface area contributed by atoms with Crippen molar-refractivity contribution in [2.24, 2.45) is 7.05 Å². The number of morpholine rings is 1. The summed E-state index contributed by atoms with van der Waals surface area (Å²) in [6.45, 7) is 5.25. The second-order valence-corrected chi connectivity index (χ2v) is 3.55. The van der Waals surface area contributed by atoms with Crippen molar-refractivity contribution >= 4 is 36.3 Å². The fourth-order valence-electron chi connectivity index (χ4n) is 1.81. The maximum absolute atomic E-state index is 5.97. The van der Waals surface area contributed by atoms with Gasteiger partial charge in [0, 0.05) is 20.1 Å². The summed E-state index contributed by atoms with van der Waals surface area (Å²) < 4.78 is 7.14. The molecule has 0 radical (unpaired) electrons. The summed E-state index contributed by atoms with van der Waals surface area (Å²) in [6, 6.07) is 0. The second kappa shape index (κ2) is 6.18. The summed E-state index contributed by atoms with van der Waals surface area (Å²) in [4.78, 5) is 2.22. The van der Waals surface area contributed by atoms with Crippen molar-refractivity contribution in [3.05, 3.63) is 5.69 Å². The predicted molar refractivity (Wildman–Crippen MR) is 69.9 cm³/mol. The number of ether oxygens (including phenoxy) is 1. The zero-order valence-electron chi connectivity index (χ0n) is 9.47. The molecule has 0 bridgehead atoms. The van der Waals surface area contributed by atoms with E-state index in [1.165, 1.54) is 0 Å². The highest BCUT2D eigenvalue weighted by Crippen LogP contribution is 2.25. The van der Waals surface area contributed by atoms with Crippen LogP contribution in [0, 0.1) is 6.92 Å². The quantitative estimate of drug-likeness (QED) is 0.826. The van der Waals surface area contributed by atoms with Crippen molar-refractivity contribution in [2.75, 3.05) is 36.9 Å². The average molecular weight is 269 g/mol. The first-order valence-corrected chi connectivity index (χ1v) is 4.82. The van der Waals surface area contributed by atoms with Gasteiger partial charge in [0.05, 0.1) is 24.6 Å². The largest absolute Gasteiger partial charge is 0.394 e. The van der Waals surface area contributed by atoms with E-state index in [0.29, 0.717) is 0 Å². The van der Waals surface area contributed by atoms with E-state index in [0.717, 1.165) is 43.5 Å². The molecule has 1 saturated heterocycles. The third-order valence-corrected chi connectivity index (χ3v) is 2.55. The number of rotatable bonds is 1. The highest BCUT2D eigenvalue weighted by Gasteiger charge is 2.19. The molecule has 1 aliphatic rings. The Labute approximate surface area is 108 Å². The first-order chi connectivity index (χ1) is 6.70. The zero-order chi connectivity index (χ0) is 10.1. The average Bonchev–Trinajstić information content (AvgIpc) is 2.43. The summed E-state index contributed by atoms with van der Waals surface area (Å²) in [5.41, 5.74) is 7.65. The first kappa shape index (κ1) is 15.3. The summed E-state index contributed by atoms with van der Waals surface area (Å²) in [7, 11) is 1.92. The molecule has 0 aliphatic carbocycles. The molecule has 0 saturated carbocycles. The molecule has 5 nitrogen and oxygen atoms in total. The van der Waals surface area contributed by atoms with Gasteiger partial charge < -0.3 is 15.4 Å². The van der Waals surface area contributed by atoms with Crippen LogP contribution in [-0.4, -0.2) is 36.1 Å². The Morgan fingerprint density at radius 1 is 1.25 bits per heavy atom. The minimum absolute atomic E-state index is 0. The highest BCUT2D eigenvalue weighted by molar-refractivity contribution is 5.85. The van der Waals surface area contributed by atoms with Crippen molar-refractivity contribution in [1.29, 1.82) is 0 Å². The fraction of sp³-hybridized carbons (Fsp3) is 0.667. The van der Waals surface area contributed by atoms with Gasteiger partial charge in [-0.1, -0.05) is 0 Å². The van der Waals surface area contributed by atoms with Gasteiger partial charge in [-0.3, -0.25) is 4.68 Å². The smallest absolute Gasteiger partial charge is 0.150 e. The minimum Gasteiger partial charge on any atom is -0.394 e. The number of anilines is 2. The molecule has 1 aromatic heterocycles. The number of hydrogen-bond donors (Lipinski definition) is 1. The molecule has 2 rings (SSSR count). The number of aromatic nitrogens is 2. The lowest BCUT2D eigenvalue weighted by atomic mass is 10.3. The molecule has 16 heavy (non-hydrogen) atoms. The maximum atomic E-state index is 5.97. The number of nitrogens with two attached hydrogens (primary N) is 1. The molecule has 1 aliphatic heterocycles. The Hall–Kier alpha value is -0.650. The molecule has 1 fully saturated rings. The predicted octanol–water partition coefficient (Wildman–Crippen LogP) is 0.991. The normalized spacial score (nSPS) is 15.2. The van der Waals surface area contributed by atoms with Crippen LogP contribution in [0.5, 0.6) is 0 Å². The van der Waals surface area contributed by atoms with Gasteiger partial charge in [0.1, 0.15) is 0 Å². The molecule has 0 atom stereocenters. The topological polar surface area (TPSA) is 56.3 Å².